The fraction of sp³-hybridized carbons (Fsp3) is 0.200. The van der Waals surface area contributed by atoms with E-state index in [1.807, 2.05) is 12.1 Å². The Morgan fingerprint density at radius 3 is 2.20 bits per heavy atom. The lowest BCUT2D eigenvalue weighted by molar-refractivity contribution is 0.598. The van der Waals surface area contributed by atoms with Crippen molar-refractivity contribution in [2.75, 3.05) is 5.32 Å². The predicted octanol–water partition coefficient (Wildman–Crippen LogP) is 2.82. The van der Waals surface area contributed by atoms with Crippen LogP contribution in [0, 0.1) is 6.92 Å². The van der Waals surface area contributed by atoms with Crippen LogP contribution in [-0.4, -0.2) is 8.42 Å². The Labute approximate surface area is 119 Å². The van der Waals surface area contributed by atoms with Crippen LogP contribution in [0.2, 0.25) is 0 Å². The first-order valence-electron chi connectivity index (χ1n) is 6.33. The molecule has 0 amide bonds. The molecule has 0 saturated heterocycles. The quantitative estimate of drug-likeness (QED) is 0.909. The van der Waals surface area contributed by atoms with Gasteiger partial charge in [0.15, 0.2) is 0 Å². The van der Waals surface area contributed by atoms with Gasteiger partial charge in [0.2, 0.25) is 10.0 Å². The molecule has 0 saturated carbocycles. The number of hydrogen-bond donors (Lipinski definition) is 2. The Morgan fingerprint density at radius 1 is 1.05 bits per heavy atom. The first kappa shape index (κ1) is 14.6. The second-order valence-corrected chi connectivity index (χ2v) is 6.35. The Kier molecular flexibility index (Phi) is 4.11. The van der Waals surface area contributed by atoms with E-state index in [4.69, 9.17) is 5.14 Å². The van der Waals surface area contributed by atoms with E-state index in [2.05, 4.69) is 31.3 Å². The van der Waals surface area contributed by atoms with Crippen LogP contribution in [0.3, 0.4) is 0 Å². The summed E-state index contributed by atoms with van der Waals surface area (Å²) in [5, 5.41) is 8.41. The summed E-state index contributed by atoms with van der Waals surface area (Å²) in [6, 6.07) is 14.7. The Hall–Kier alpha value is -1.85. The van der Waals surface area contributed by atoms with Crippen molar-refractivity contribution in [3.8, 4) is 0 Å². The van der Waals surface area contributed by atoms with Crippen molar-refractivity contribution in [2.24, 2.45) is 5.14 Å². The van der Waals surface area contributed by atoms with E-state index < -0.39 is 10.0 Å². The summed E-state index contributed by atoms with van der Waals surface area (Å²) in [6.45, 7) is 4.13. The van der Waals surface area contributed by atoms with E-state index in [0.29, 0.717) is 0 Å². The molecule has 0 radical (unpaired) electrons. The average molecular weight is 290 g/mol. The molecule has 1 atom stereocenters. The molecule has 106 valence electrons. The van der Waals surface area contributed by atoms with Gasteiger partial charge in [0.25, 0.3) is 0 Å². The summed E-state index contributed by atoms with van der Waals surface area (Å²) >= 11 is 0. The van der Waals surface area contributed by atoms with Crippen LogP contribution in [0.5, 0.6) is 0 Å². The Morgan fingerprint density at radius 2 is 1.65 bits per heavy atom. The van der Waals surface area contributed by atoms with Crippen LogP contribution in [0.1, 0.15) is 24.1 Å². The molecular weight excluding hydrogens is 272 g/mol. The zero-order chi connectivity index (χ0) is 14.8. The minimum absolute atomic E-state index is 0.117. The highest BCUT2D eigenvalue weighted by Crippen LogP contribution is 2.22. The summed E-state index contributed by atoms with van der Waals surface area (Å²) in [5.41, 5.74) is 3.28. The van der Waals surface area contributed by atoms with Gasteiger partial charge in [0.05, 0.1) is 4.90 Å². The largest absolute Gasteiger partial charge is 0.379 e. The van der Waals surface area contributed by atoms with Gasteiger partial charge >= 0.3 is 0 Å². The minimum atomic E-state index is -3.63. The van der Waals surface area contributed by atoms with Crippen LogP contribution < -0.4 is 10.5 Å². The molecule has 0 fully saturated rings. The SMILES string of the molecule is Cc1ccccc1C(C)Nc1ccc(S(N)(=O)=O)cc1. The van der Waals surface area contributed by atoms with Gasteiger partial charge in [-0.15, -0.1) is 0 Å². The summed E-state index contributed by atoms with van der Waals surface area (Å²) in [7, 11) is -3.63. The van der Waals surface area contributed by atoms with Crippen molar-refractivity contribution in [3.63, 3.8) is 0 Å². The summed E-state index contributed by atoms with van der Waals surface area (Å²) in [4.78, 5) is 0.117. The van der Waals surface area contributed by atoms with Crippen LogP contribution in [-0.2, 0) is 10.0 Å². The number of benzene rings is 2. The first-order chi connectivity index (χ1) is 9.38. The number of sulfonamides is 1. The smallest absolute Gasteiger partial charge is 0.238 e. The van der Waals surface area contributed by atoms with Crippen LogP contribution in [0.4, 0.5) is 5.69 Å². The van der Waals surface area contributed by atoms with Crippen molar-refractivity contribution >= 4 is 15.7 Å². The lowest BCUT2D eigenvalue weighted by Gasteiger charge is -2.18. The molecule has 0 spiro atoms. The van der Waals surface area contributed by atoms with Gasteiger partial charge in [0, 0.05) is 11.7 Å². The summed E-state index contributed by atoms with van der Waals surface area (Å²) in [5.74, 6) is 0. The number of nitrogens with two attached hydrogens (primary N) is 1. The van der Waals surface area contributed by atoms with Gasteiger partial charge in [-0.2, -0.15) is 0 Å². The second-order valence-electron chi connectivity index (χ2n) is 4.79. The number of hydrogen-bond acceptors (Lipinski definition) is 3. The zero-order valence-corrected chi connectivity index (χ0v) is 12.3. The molecule has 0 heterocycles. The number of aryl methyl sites for hydroxylation is 1. The van der Waals surface area contributed by atoms with E-state index in [-0.39, 0.29) is 10.9 Å². The third-order valence-electron chi connectivity index (χ3n) is 3.22. The molecule has 0 aliphatic heterocycles. The molecule has 2 rings (SSSR count). The standard InChI is InChI=1S/C15H18N2O2S/c1-11-5-3-4-6-15(11)12(2)17-13-7-9-14(10-8-13)20(16,18)19/h3-10,12,17H,1-2H3,(H2,16,18,19). The molecule has 2 aromatic carbocycles. The van der Waals surface area contributed by atoms with Crippen molar-refractivity contribution in [1.82, 2.24) is 0 Å². The van der Waals surface area contributed by atoms with Crippen LogP contribution in [0.15, 0.2) is 53.4 Å². The van der Waals surface area contributed by atoms with Crippen LogP contribution in [0.25, 0.3) is 0 Å². The minimum Gasteiger partial charge on any atom is -0.379 e. The Balaban J connectivity index is 2.17. The van der Waals surface area contributed by atoms with Crippen molar-refractivity contribution in [1.29, 1.82) is 0 Å². The van der Waals surface area contributed by atoms with E-state index in [0.717, 1.165) is 5.69 Å². The van der Waals surface area contributed by atoms with E-state index in [9.17, 15) is 8.42 Å². The highest BCUT2D eigenvalue weighted by Gasteiger charge is 2.09. The highest BCUT2D eigenvalue weighted by molar-refractivity contribution is 7.89. The molecule has 0 aromatic heterocycles. The number of primary sulfonamides is 1. The maximum absolute atomic E-state index is 11.2. The predicted molar refractivity (Wildman–Crippen MR) is 81.0 cm³/mol. The summed E-state index contributed by atoms with van der Waals surface area (Å²) < 4.78 is 22.4. The Bertz CT molecular complexity index is 694. The van der Waals surface area contributed by atoms with E-state index >= 15 is 0 Å². The maximum Gasteiger partial charge on any atom is 0.238 e. The third-order valence-corrected chi connectivity index (χ3v) is 4.15. The molecule has 0 bridgehead atoms. The van der Waals surface area contributed by atoms with Gasteiger partial charge in [0.1, 0.15) is 0 Å². The molecule has 0 aliphatic rings. The molecule has 1 unspecified atom stereocenters. The van der Waals surface area contributed by atoms with E-state index in [1.165, 1.54) is 23.3 Å². The van der Waals surface area contributed by atoms with E-state index in [1.54, 1.807) is 12.1 Å². The summed E-state index contributed by atoms with van der Waals surface area (Å²) in [6.07, 6.45) is 0. The van der Waals surface area contributed by atoms with Gasteiger partial charge < -0.3 is 5.32 Å². The van der Waals surface area contributed by atoms with Crippen molar-refractivity contribution < 1.29 is 8.42 Å². The van der Waals surface area contributed by atoms with Gasteiger partial charge in [-0.3, -0.25) is 0 Å². The maximum atomic E-state index is 11.2. The van der Waals surface area contributed by atoms with Crippen molar-refractivity contribution in [3.05, 3.63) is 59.7 Å². The molecule has 20 heavy (non-hydrogen) atoms. The zero-order valence-electron chi connectivity index (χ0n) is 11.5. The van der Waals surface area contributed by atoms with Gasteiger partial charge in [-0.05, 0) is 49.2 Å². The molecule has 0 aliphatic carbocycles. The third kappa shape index (κ3) is 3.37. The first-order valence-corrected chi connectivity index (χ1v) is 7.87. The molecular formula is C15H18N2O2S. The highest BCUT2D eigenvalue weighted by atomic mass is 32.2. The molecule has 4 nitrogen and oxygen atoms in total. The fourth-order valence-corrected chi connectivity index (χ4v) is 2.66. The lowest BCUT2D eigenvalue weighted by Crippen LogP contribution is -2.12. The molecule has 5 heteroatoms. The monoisotopic (exact) mass is 290 g/mol. The van der Waals surface area contributed by atoms with Gasteiger partial charge in [-0.25, -0.2) is 13.6 Å². The number of anilines is 1. The van der Waals surface area contributed by atoms with Gasteiger partial charge in [-0.1, -0.05) is 24.3 Å². The average Bonchev–Trinajstić information content (AvgIpc) is 2.38. The molecule has 3 N–H and O–H groups in total. The van der Waals surface area contributed by atoms with Crippen LogP contribution >= 0.6 is 0 Å². The number of nitrogens with one attached hydrogen (secondary N) is 1. The normalized spacial score (nSPS) is 12.9. The molecule has 2 aromatic rings. The second kappa shape index (κ2) is 5.64. The topological polar surface area (TPSA) is 72.2 Å². The number of rotatable bonds is 4. The fourth-order valence-electron chi connectivity index (χ4n) is 2.14. The van der Waals surface area contributed by atoms with Crippen molar-refractivity contribution in [2.45, 2.75) is 24.8 Å². The lowest BCUT2D eigenvalue weighted by atomic mass is 10.0.